The van der Waals surface area contributed by atoms with E-state index in [1.807, 2.05) is 67.1 Å². The number of carbonyl (C=O) groups excluding carboxylic acids is 1. The number of hydrogen-bond donors (Lipinski definition) is 2. The number of benzene rings is 2. The van der Waals surface area contributed by atoms with E-state index in [1.165, 1.54) is 11.8 Å². The van der Waals surface area contributed by atoms with Gasteiger partial charge in [-0.25, -0.2) is 0 Å². The summed E-state index contributed by atoms with van der Waals surface area (Å²) < 4.78 is 1.88. The Balaban J connectivity index is 1.51. The Morgan fingerprint density at radius 2 is 1.74 bits per heavy atom. The van der Waals surface area contributed by atoms with E-state index in [2.05, 4.69) is 20.8 Å². The molecule has 1 aromatic heterocycles. The topological polar surface area (TPSA) is 71.8 Å². The van der Waals surface area contributed by atoms with Gasteiger partial charge in [-0.15, -0.1) is 10.2 Å². The smallest absolute Gasteiger partial charge is 0.234 e. The molecular formula is C19H20ClN5OS. The summed E-state index contributed by atoms with van der Waals surface area (Å²) in [6, 6.07) is 15.2. The molecule has 0 saturated carbocycles. The maximum absolute atomic E-state index is 12.1. The van der Waals surface area contributed by atoms with Crippen LogP contribution in [0.15, 0.2) is 53.7 Å². The van der Waals surface area contributed by atoms with Crippen LogP contribution in [0.1, 0.15) is 11.4 Å². The Labute approximate surface area is 167 Å². The largest absolute Gasteiger partial charge is 0.378 e. The highest BCUT2D eigenvalue weighted by molar-refractivity contribution is 7.99. The van der Waals surface area contributed by atoms with Crippen molar-refractivity contribution in [1.82, 2.24) is 14.8 Å². The van der Waals surface area contributed by atoms with Crippen LogP contribution < -0.4 is 10.6 Å². The van der Waals surface area contributed by atoms with Crippen molar-refractivity contribution in [3.05, 3.63) is 64.9 Å². The summed E-state index contributed by atoms with van der Waals surface area (Å²) in [7, 11) is 1.89. The quantitative estimate of drug-likeness (QED) is 0.582. The van der Waals surface area contributed by atoms with Gasteiger partial charge in [0.05, 0.1) is 12.3 Å². The van der Waals surface area contributed by atoms with Crippen molar-refractivity contribution < 1.29 is 4.79 Å². The molecule has 6 nitrogen and oxygen atoms in total. The second-order valence-corrected chi connectivity index (χ2v) is 7.40. The van der Waals surface area contributed by atoms with Crippen molar-refractivity contribution in [3.63, 3.8) is 0 Å². The number of carbonyl (C=O) groups is 1. The normalized spacial score (nSPS) is 10.6. The molecule has 27 heavy (non-hydrogen) atoms. The van der Waals surface area contributed by atoms with E-state index in [4.69, 9.17) is 11.6 Å². The zero-order chi connectivity index (χ0) is 19.2. The number of thioether (sulfide) groups is 1. The molecule has 1 heterocycles. The zero-order valence-electron chi connectivity index (χ0n) is 15.1. The third-order valence-corrected chi connectivity index (χ3v) is 5.16. The maximum Gasteiger partial charge on any atom is 0.234 e. The maximum atomic E-state index is 12.1. The van der Waals surface area contributed by atoms with Crippen LogP contribution in [0.2, 0.25) is 5.02 Å². The van der Waals surface area contributed by atoms with Gasteiger partial charge < -0.3 is 15.2 Å². The minimum atomic E-state index is -0.0762. The van der Waals surface area contributed by atoms with Gasteiger partial charge in [0.1, 0.15) is 0 Å². The number of halogens is 1. The SMILES string of the molecule is Cc1ccc(NC(=O)CSc2nnc(CNc3ccc(Cl)cc3)n2C)cc1. The Morgan fingerprint density at radius 1 is 1.07 bits per heavy atom. The first kappa shape index (κ1) is 19.3. The van der Waals surface area contributed by atoms with Crippen LogP contribution in [-0.4, -0.2) is 26.4 Å². The Hall–Kier alpha value is -2.51. The molecule has 0 aliphatic rings. The summed E-state index contributed by atoms with van der Waals surface area (Å²) in [5.74, 6) is 0.976. The Bertz CT molecular complexity index is 909. The van der Waals surface area contributed by atoms with Gasteiger partial charge >= 0.3 is 0 Å². The van der Waals surface area contributed by atoms with Crippen LogP contribution in [0.3, 0.4) is 0 Å². The van der Waals surface area contributed by atoms with Crippen LogP contribution in [0.25, 0.3) is 0 Å². The first-order valence-electron chi connectivity index (χ1n) is 8.38. The van der Waals surface area contributed by atoms with Crippen molar-refractivity contribution in [3.8, 4) is 0 Å². The molecular weight excluding hydrogens is 382 g/mol. The number of amides is 1. The molecule has 8 heteroatoms. The highest BCUT2D eigenvalue weighted by Gasteiger charge is 2.11. The van der Waals surface area contributed by atoms with Crippen molar-refractivity contribution in [1.29, 1.82) is 0 Å². The summed E-state index contributed by atoms with van der Waals surface area (Å²) >= 11 is 7.24. The van der Waals surface area contributed by atoms with E-state index in [9.17, 15) is 4.79 Å². The van der Waals surface area contributed by atoms with E-state index >= 15 is 0 Å². The summed E-state index contributed by atoms with van der Waals surface area (Å²) in [5.41, 5.74) is 2.90. The molecule has 0 saturated heterocycles. The van der Waals surface area contributed by atoms with Gasteiger partial charge in [0.15, 0.2) is 11.0 Å². The Kier molecular flexibility index (Phi) is 6.36. The Morgan fingerprint density at radius 3 is 2.44 bits per heavy atom. The molecule has 2 N–H and O–H groups in total. The second kappa shape index (κ2) is 8.92. The summed E-state index contributed by atoms with van der Waals surface area (Å²) in [4.78, 5) is 12.1. The first-order valence-corrected chi connectivity index (χ1v) is 9.74. The van der Waals surface area contributed by atoms with Crippen LogP contribution in [0.5, 0.6) is 0 Å². The average molecular weight is 402 g/mol. The monoisotopic (exact) mass is 401 g/mol. The molecule has 0 fully saturated rings. The highest BCUT2D eigenvalue weighted by atomic mass is 35.5. The number of anilines is 2. The van der Waals surface area contributed by atoms with Crippen molar-refractivity contribution in [2.24, 2.45) is 7.05 Å². The number of aromatic nitrogens is 3. The third-order valence-electron chi connectivity index (χ3n) is 3.89. The minimum Gasteiger partial charge on any atom is -0.378 e. The molecule has 0 aliphatic heterocycles. The predicted octanol–water partition coefficient (Wildman–Crippen LogP) is 4.12. The van der Waals surface area contributed by atoms with E-state index in [0.717, 1.165) is 22.8 Å². The minimum absolute atomic E-state index is 0.0762. The summed E-state index contributed by atoms with van der Waals surface area (Å²) in [6.45, 7) is 2.54. The van der Waals surface area contributed by atoms with Gasteiger partial charge in [-0.05, 0) is 43.3 Å². The van der Waals surface area contributed by atoms with E-state index in [-0.39, 0.29) is 11.7 Å². The highest BCUT2D eigenvalue weighted by Crippen LogP contribution is 2.18. The third kappa shape index (κ3) is 5.48. The lowest BCUT2D eigenvalue weighted by molar-refractivity contribution is -0.113. The lowest BCUT2D eigenvalue weighted by Crippen LogP contribution is -2.14. The van der Waals surface area contributed by atoms with Crippen molar-refractivity contribution >= 4 is 40.6 Å². The van der Waals surface area contributed by atoms with Crippen molar-refractivity contribution in [2.45, 2.75) is 18.6 Å². The first-order chi connectivity index (χ1) is 13.0. The molecule has 0 atom stereocenters. The summed E-state index contributed by atoms with van der Waals surface area (Å²) in [5, 5.41) is 15.9. The van der Waals surface area contributed by atoms with Crippen LogP contribution in [0.4, 0.5) is 11.4 Å². The number of nitrogens with one attached hydrogen (secondary N) is 2. The number of hydrogen-bond acceptors (Lipinski definition) is 5. The fourth-order valence-corrected chi connectivity index (χ4v) is 3.19. The number of rotatable bonds is 7. The molecule has 140 valence electrons. The van der Waals surface area contributed by atoms with E-state index < -0.39 is 0 Å². The molecule has 0 spiro atoms. The van der Waals surface area contributed by atoms with E-state index in [1.54, 1.807) is 0 Å². The lowest BCUT2D eigenvalue weighted by Gasteiger charge is -2.07. The van der Waals surface area contributed by atoms with Gasteiger partial charge in [0.25, 0.3) is 0 Å². The van der Waals surface area contributed by atoms with Gasteiger partial charge in [0, 0.05) is 23.4 Å². The predicted molar refractivity (Wildman–Crippen MR) is 110 cm³/mol. The van der Waals surface area contributed by atoms with Crippen LogP contribution in [-0.2, 0) is 18.4 Å². The molecule has 1 amide bonds. The lowest BCUT2D eigenvalue weighted by atomic mass is 10.2. The molecule has 0 radical (unpaired) electrons. The molecule has 3 rings (SSSR count). The molecule has 2 aromatic carbocycles. The van der Waals surface area contributed by atoms with Crippen LogP contribution >= 0.6 is 23.4 Å². The standard InChI is InChI=1S/C19H20ClN5OS/c1-13-3-7-16(8-4-13)22-18(26)12-27-19-24-23-17(25(19)2)11-21-15-9-5-14(20)6-10-15/h3-10,21H,11-12H2,1-2H3,(H,22,26). The van der Waals surface area contributed by atoms with Gasteiger partial charge in [-0.2, -0.15) is 0 Å². The molecule has 0 bridgehead atoms. The molecule has 0 aliphatic carbocycles. The number of aryl methyl sites for hydroxylation is 1. The molecule has 3 aromatic rings. The fraction of sp³-hybridized carbons (Fsp3) is 0.211. The van der Waals surface area contributed by atoms with Crippen molar-refractivity contribution in [2.75, 3.05) is 16.4 Å². The molecule has 0 unspecified atom stereocenters. The van der Waals surface area contributed by atoms with Gasteiger partial charge in [-0.3, -0.25) is 4.79 Å². The second-order valence-electron chi connectivity index (χ2n) is 6.02. The van der Waals surface area contributed by atoms with Crippen LogP contribution in [0, 0.1) is 6.92 Å². The van der Waals surface area contributed by atoms with Gasteiger partial charge in [-0.1, -0.05) is 41.1 Å². The van der Waals surface area contributed by atoms with Gasteiger partial charge in [0.2, 0.25) is 5.91 Å². The van der Waals surface area contributed by atoms with E-state index in [0.29, 0.717) is 16.7 Å². The zero-order valence-corrected chi connectivity index (χ0v) is 16.6. The summed E-state index contributed by atoms with van der Waals surface area (Å²) in [6.07, 6.45) is 0. The fourth-order valence-electron chi connectivity index (χ4n) is 2.34. The number of nitrogens with zero attached hydrogens (tertiary/aromatic N) is 3. The average Bonchev–Trinajstić information content (AvgIpc) is 3.01.